The van der Waals surface area contributed by atoms with E-state index in [1.165, 1.54) is 0 Å². The smallest absolute Gasteiger partial charge is 0.133 e. The second-order valence-corrected chi connectivity index (χ2v) is 5.50. The first-order valence-electron chi connectivity index (χ1n) is 6.67. The molecule has 108 valence electrons. The highest BCUT2D eigenvalue weighted by Crippen LogP contribution is 2.32. The number of nitrogens with zero attached hydrogens (tertiary/aromatic N) is 2. The number of aromatic amines is 1. The number of nitrogens with one attached hydrogen (secondary N) is 1. The Morgan fingerprint density at radius 3 is 2.67 bits per heavy atom. The van der Waals surface area contributed by atoms with Gasteiger partial charge in [-0.3, -0.25) is 0 Å². The average Bonchev–Trinajstić information content (AvgIpc) is 2.49. The lowest BCUT2D eigenvalue weighted by Gasteiger charge is -2.14. The van der Waals surface area contributed by atoms with Gasteiger partial charge >= 0.3 is 0 Å². The van der Waals surface area contributed by atoms with Gasteiger partial charge in [0.1, 0.15) is 16.2 Å². The van der Waals surface area contributed by atoms with Crippen molar-refractivity contribution in [2.24, 2.45) is 0 Å². The highest BCUT2D eigenvalue weighted by atomic mass is 32.1. The van der Waals surface area contributed by atoms with Gasteiger partial charge in [0, 0.05) is 17.0 Å². The third-order valence-corrected chi connectivity index (χ3v) is 3.71. The first-order chi connectivity index (χ1) is 9.97. The van der Waals surface area contributed by atoms with Gasteiger partial charge in [-0.2, -0.15) is 5.26 Å². The molecule has 0 amide bonds. The van der Waals surface area contributed by atoms with E-state index >= 15 is 0 Å². The Hall–Kier alpha value is -2.19. The predicted molar refractivity (Wildman–Crippen MR) is 85.0 cm³/mol. The van der Waals surface area contributed by atoms with E-state index in [0.29, 0.717) is 16.0 Å². The van der Waals surface area contributed by atoms with Crippen LogP contribution in [0, 0.1) is 22.9 Å². The molecule has 0 bridgehead atoms. The maximum absolute atomic E-state index is 9.11. The molecule has 0 radical (unpaired) electrons. The fraction of sp³-hybridized carbons (Fsp3) is 0.312. The van der Waals surface area contributed by atoms with E-state index in [0.717, 1.165) is 22.6 Å². The molecule has 4 nitrogen and oxygen atoms in total. The lowest BCUT2D eigenvalue weighted by atomic mass is 10.0. The molecule has 2 aromatic rings. The van der Waals surface area contributed by atoms with Gasteiger partial charge in [0.05, 0.1) is 24.4 Å². The molecule has 0 saturated carbocycles. The van der Waals surface area contributed by atoms with Gasteiger partial charge in [-0.1, -0.05) is 26.1 Å². The molecule has 2 rings (SSSR count). The van der Waals surface area contributed by atoms with E-state index in [1.807, 2.05) is 6.92 Å². The van der Waals surface area contributed by atoms with Crippen LogP contribution < -0.4 is 4.74 Å². The molecular formula is C16H17N3OS. The van der Waals surface area contributed by atoms with Crippen LogP contribution in [-0.4, -0.2) is 17.1 Å². The van der Waals surface area contributed by atoms with Crippen LogP contribution in [-0.2, 0) is 0 Å². The van der Waals surface area contributed by atoms with Crippen LogP contribution in [0.15, 0.2) is 18.2 Å². The van der Waals surface area contributed by atoms with Gasteiger partial charge in [0.2, 0.25) is 0 Å². The van der Waals surface area contributed by atoms with E-state index < -0.39 is 0 Å². The van der Waals surface area contributed by atoms with Crippen LogP contribution in [0.2, 0.25) is 0 Å². The molecule has 0 saturated heterocycles. The first-order valence-corrected chi connectivity index (χ1v) is 7.08. The van der Waals surface area contributed by atoms with Crippen molar-refractivity contribution < 1.29 is 4.74 Å². The van der Waals surface area contributed by atoms with Crippen molar-refractivity contribution in [3.8, 4) is 23.1 Å². The highest BCUT2D eigenvalue weighted by molar-refractivity contribution is 7.71. The number of rotatable bonds is 3. The summed E-state index contributed by atoms with van der Waals surface area (Å²) in [4.78, 5) is 7.74. The molecule has 0 aliphatic rings. The molecule has 21 heavy (non-hydrogen) atoms. The lowest BCUT2D eigenvalue weighted by molar-refractivity contribution is 0.416. The molecule has 0 spiro atoms. The minimum Gasteiger partial charge on any atom is -0.496 e. The van der Waals surface area contributed by atoms with Crippen molar-refractivity contribution >= 4 is 12.2 Å². The van der Waals surface area contributed by atoms with Crippen LogP contribution in [0.3, 0.4) is 0 Å². The zero-order valence-electron chi connectivity index (χ0n) is 12.5. The van der Waals surface area contributed by atoms with Crippen molar-refractivity contribution in [3.63, 3.8) is 0 Å². The highest BCUT2D eigenvalue weighted by Gasteiger charge is 2.14. The number of ether oxygens (including phenoxy) is 1. The standard InChI is InChI=1S/C16H17N3OS/c1-9(2)15-18-14(10(3)16(21)19-15)12-7-11(8-17)5-6-13(12)20-4/h5-7,9H,1-4H3,(H,18,19,21). The molecule has 0 atom stereocenters. The molecule has 5 heteroatoms. The topological polar surface area (TPSA) is 61.7 Å². The quantitative estimate of drug-likeness (QED) is 0.866. The van der Waals surface area contributed by atoms with Gasteiger partial charge in [-0.25, -0.2) is 4.98 Å². The van der Waals surface area contributed by atoms with E-state index in [1.54, 1.807) is 25.3 Å². The largest absolute Gasteiger partial charge is 0.496 e. The Labute approximate surface area is 129 Å². The SMILES string of the molecule is COc1ccc(C#N)cc1-c1[nH]c(C(C)C)nc(=S)c1C. The second-order valence-electron chi connectivity index (χ2n) is 5.11. The second kappa shape index (κ2) is 6.06. The summed E-state index contributed by atoms with van der Waals surface area (Å²) in [6.45, 7) is 6.02. The molecule has 0 fully saturated rings. The molecule has 1 N–H and O–H groups in total. The Morgan fingerprint density at radius 2 is 2.10 bits per heavy atom. The van der Waals surface area contributed by atoms with Crippen molar-refractivity contribution in [1.82, 2.24) is 9.97 Å². The first kappa shape index (κ1) is 15.2. The zero-order valence-corrected chi connectivity index (χ0v) is 13.3. The average molecular weight is 299 g/mol. The summed E-state index contributed by atoms with van der Waals surface area (Å²) in [6, 6.07) is 7.48. The summed E-state index contributed by atoms with van der Waals surface area (Å²) in [5, 5.41) is 9.11. The molecule has 0 unspecified atom stereocenters. The van der Waals surface area contributed by atoms with E-state index in [4.69, 9.17) is 22.2 Å². The van der Waals surface area contributed by atoms with Crippen LogP contribution in [0.25, 0.3) is 11.3 Å². The van der Waals surface area contributed by atoms with Crippen LogP contribution in [0.1, 0.15) is 36.7 Å². The number of H-pyrrole nitrogens is 1. The number of nitriles is 1. The van der Waals surface area contributed by atoms with Gasteiger partial charge in [-0.15, -0.1) is 0 Å². The Bertz CT molecular complexity index is 772. The molecule has 0 aliphatic heterocycles. The molecule has 1 heterocycles. The van der Waals surface area contributed by atoms with E-state index in [9.17, 15) is 0 Å². The summed E-state index contributed by atoms with van der Waals surface area (Å²) in [5.74, 6) is 1.75. The third kappa shape index (κ3) is 2.96. The fourth-order valence-corrected chi connectivity index (χ4v) is 2.27. The number of benzene rings is 1. The minimum atomic E-state index is 0.233. The van der Waals surface area contributed by atoms with Gasteiger partial charge in [0.25, 0.3) is 0 Å². The fourth-order valence-electron chi connectivity index (χ4n) is 2.07. The lowest BCUT2D eigenvalue weighted by Crippen LogP contribution is -2.03. The number of methoxy groups -OCH3 is 1. The Morgan fingerprint density at radius 1 is 1.38 bits per heavy atom. The maximum Gasteiger partial charge on any atom is 0.133 e. The van der Waals surface area contributed by atoms with Crippen molar-refractivity contribution in [2.45, 2.75) is 26.7 Å². The number of hydrogen-bond acceptors (Lipinski definition) is 4. The van der Waals surface area contributed by atoms with Crippen LogP contribution >= 0.6 is 12.2 Å². The normalized spacial score (nSPS) is 10.5. The summed E-state index contributed by atoms with van der Waals surface area (Å²) in [6.07, 6.45) is 0. The molecule has 1 aromatic carbocycles. The van der Waals surface area contributed by atoms with Crippen molar-refractivity contribution in [3.05, 3.63) is 39.8 Å². The van der Waals surface area contributed by atoms with Crippen LogP contribution in [0.4, 0.5) is 0 Å². The van der Waals surface area contributed by atoms with Crippen LogP contribution in [0.5, 0.6) is 5.75 Å². The zero-order chi connectivity index (χ0) is 15.6. The maximum atomic E-state index is 9.11. The predicted octanol–water partition coefficient (Wildman–Crippen LogP) is 4.12. The van der Waals surface area contributed by atoms with Crippen molar-refractivity contribution in [1.29, 1.82) is 5.26 Å². The monoisotopic (exact) mass is 299 g/mol. The van der Waals surface area contributed by atoms with E-state index in [2.05, 4.69) is 29.9 Å². The summed E-state index contributed by atoms with van der Waals surface area (Å²) < 4.78 is 5.98. The summed E-state index contributed by atoms with van der Waals surface area (Å²) in [5.41, 5.74) is 3.13. The number of aromatic nitrogens is 2. The third-order valence-electron chi connectivity index (χ3n) is 3.32. The Balaban J connectivity index is 2.77. The number of hydrogen-bond donors (Lipinski definition) is 1. The minimum absolute atomic E-state index is 0.233. The van der Waals surface area contributed by atoms with Gasteiger partial charge < -0.3 is 9.72 Å². The Kier molecular flexibility index (Phi) is 4.39. The molecule has 0 aliphatic carbocycles. The molecule has 1 aromatic heterocycles. The summed E-state index contributed by atoms with van der Waals surface area (Å²) >= 11 is 5.35. The molecular weight excluding hydrogens is 282 g/mol. The van der Waals surface area contributed by atoms with Gasteiger partial charge in [0.15, 0.2) is 0 Å². The van der Waals surface area contributed by atoms with E-state index in [-0.39, 0.29) is 5.92 Å². The summed E-state index contributed by atoms with van der Waals surface area (Å²) in [7, 11) is 1.61. The van der Waals surface area contributed by atoms with Crippen molar-refractivity contribution in [2.75, 3.05) is 7.11 Å². The van der Waals surface area contributed by atoms with Gasteiger partial charge in [-0.05, 0) is 25.1 Å².